The van der Waals surface area contributed by atoms with Crippen LogP contribution in [0.2, 0.25) is 0 Å². The van der Waals surface area contributed by atoms with Gasteiger partial charge in [-0.3, -0.25) is 14.4 Å². The molecule has 0 aliphatic rings. The van der Waals surface area contributed by atoms with Crippen LogP contribution in [-0.2, 0) is 30.5 Å². The van der Waals surface area contributed by atoms with E-state index < -0.39 is 17.5 Å². The number of nitrogens with zero attached hydrogens (tertiary/aromatic N) is 1. The topological polar surface area (TPSA) is 72.9 Å². The summed E-state index contributed by atoms with van der Waals surface area (Å²) in [7, 11) is 0. The molecule has 0 bridgehead atoms. The molecule has 0 aromatic heterocycles. The van der Waals surface area contributed by atoms with E-state index in [1.807, 2.05) is 30.3 Å². The number of ether oxygens (including phenoxy) is 2. The van der Waals surface area contributed by atoms with Crippen molar-refractivity contribution in [2.45, 2.75) is 33.0 Å². The Kier molecular flexibility index (Phi) is 6.56. The fourth-order valence-corrected chi connectivity index (χ4v) is 1.62. The highest BCUT2D eigenvalue weighted by molar-refractivity contribution is 5.78. The first-order chi connectivity index (χ1) is 10.3. The van der Waals surface area contributed by atoms with Crippen LogP contribution in [0.25, 0.3) is 0 Å². The van der Waals surface area contributed by atoms with Crippen molar-refractivity contribution in [3.8, 4) is 0 Å². The number of carbonyl (C=O) groups is 3. The Hall–Kier alpha value is -2.37. The number of esters is 2. The third-order valence-corrected chi connectivity index (χ3v) is 2.48. The van der Waals surface area contributed by atoms with Gasteiger partial charge in [-0.05, 0) is 26.3 Å². The molecule has 0 fully saturated rings. The van der Waals surface area contributed by atoms with Crippen LogP contribution in [0, 0.1) is 0 Å². The molecule has 0 aliphatic heterocycles. The van der Waals surface area contributed by atoms with Gasteiger partial charge in [0.1, 0.15) is 25.3 Å². The number of carbonyl (C=O) groups excluding carboxylic acids is 3. The summed E-state index contributed by atoms with van der Waals surface area (Å²) in [5, 5.41) is 0. The minimum atomic E-state index is -0.639. The van der Waals surface area contributed by atoms with Crippen molar-refractivity contribution in [2.75, 3.05) is 13.1 Å². The normalized spacial score (nSPS) is 10.7. The van der Waals surface area contributed by atoms with Gasteiger partial charge >= 0.3 is 11.9 Å². The van der Waals surface area contributed by atoms with Gasteiger partial charge in [0.25, 0.3) is 0 Å². The van der Waals surface area contributed by atoms with E-state index >= 15 is 0 Å². The van der Waals surface area contributed by atoms with Gasteiger partial charge < -0.3 is 14.4 Å². The molecule has 0 saturated carbocycles. The molecule has 6 nitrogen and oxygen atoms in total. The van der Waals surface area contributed by atoms with E-state index in [0.717, 1.165) is 10.5 Å². The van der Waals surface area contributed by atoms with Crippen molar-refractivity contribution in [3.05, 3.63) is 35.9 Å². The summed E-state index contributed by atoms with van der Waals surface area (Å²) in [5.41, 5.74) is 0.208. The van der Waals surface area contributed by atoms with Gasteiger partial charge in [0.05, 0.1) is 0 Å². The second kappa shape index (κ2) is 8.17. The smallest absolute Gasteiger partial charge is 0.326 e. The average Bonchev–Trinajstić information content (AvgIpc) is 2.43. The molecule has 120 valence electrons. The standard InChI is InChI=1S/C16H21NO5/c1-16(2,3)22-15(20)10-17(12-18)9-14(19)21-11-13-7-5-4-6-8-13/h4-8,12H,9-11H2,1-3H3. The van der Waals surface area contributed by atoms with Crippen LogP contribution in [0.4, 0.5) is 0 Å². The number of amides is 1. The SMILES string of the molecule is CC(C)(C)OC(=O)CN(C=O)CC(=O)OCc1ccccc1. The number of benzene rings is 1. The second-order valence-corrected chi connectivity index (χ2v) is 5.74. The summed E-state index contributed by atoms with van der Waals surface area (Å²) in [5.74, 6) is -1.16. The fraction of sp³-hybridized carbons (Fsp3) is 0.438. The van der Waals surface area contributed by atoms with Gasteiger partial charge in [-0.15, -0.1) is 0 Å². The third kappa shape index (κ3) is 7.42. The van der Waals surface area contributed by atoms with E-state index in [1.54, 1.807) is 20.8 Å². The van der Waals surface area contributed by atoms with E-state index in [9.17, 15) is 14.4 Å². The average molecular weight is 307 g/mol. The lowest BCUT2D eigenvalue weighted by Gasteiger charge is -2.22. The fourth-order valence-electron chi connectivity index (χ4n) is 1.62. The number of hydrogen-bond donors (Lipinski definition) is 0. The number of hydrogen-bond acceptors (Lipinski definition) is 5. The lowest BCUT2D eigenvalue weighted by atomic mass is 10.2. The summed E-state index contributed by atoms with van der Waals surface area (Å²) in [6.45, 7) is 4.72. The number of rotatable bonds is 7. The molecular formula is C16H21NO5. The van der Waals surface area contributed by atoms with Gasteiger partial charge in [0.2, 0.25) is 6.41 Å². The highest BCUT2D eigenvalue weighted by atomic mass is 16.6. The van der Waals surface area contributed by atoms with Crippen LogP contribution >= 0.6 is 0 Å². The van der Waals surface area contributed by atoms with E-state index in [4.69, 9.17) is 9.47 Å². The molecule has 22 heavy (non-hydrogen) atoms. The third-order valence-electron chi connectivity index (χ3n) is 2.48. The van der Waals surface area contributed by atoms with Crippen molar-refractivity contribution in [1.82, 2.24) is 4.90 Å². The highest BCUT2D eigenvalue weighted by Gasteiger charge is 2.20. The minimum Gasteiger partial charge on any atom is -0.459 e. The van der Waals surface area contributed by atoms with Gasteiger partial charge in [0.15, 0.2) is 0 Å². The summed E-state index contributed by atoms with van der Waals surface area (Å²) in [4.78, 5) is 35.2. The van der Waals surface area contributed by atoms with Gasteiger partial charge in [-0.1, -0.05) is 30.3 Å². The van der Waals surface area contributed by atoms with E-state index in [-0.39, 0.29) is 19.7 Å². The van der Waals surface area contributed by atoms with Crippen molar-refractivity contribution in [2.24, 2.45) is 0 Å². The molecule has 6 heteroatoms. The van der Waals surface area contributed by atoms with E-state index in [0.29, 0.717) is 6.41 Å². The molecule has 0 N–H and O–H groups in total. The zero-order valence-corrected chi connectivity index (χ0v) is 13.1. The first-order valence-electron chi connectivity index (χ1n) is 6.91. The lowest BCUT2D eigenvalue weighted by molar-refractivity contribution is -0.158. The molecule has 1 aromatic rings. The van der Waals surface area contributed by atoms with Gasteiger partial charge in [0, 0.05) is 0 Å². The maximum atomic E-state index is 11.7. The Morgan fingerprint density at radius 3 is 2.23 bits per heavy atom. The van der Waals surface area contributed by atoms with Crippen LogP contribution in [0.1, 0.15) is 26.3 Å². The summed E-state index contributed by atoms with van der Waals surface area (Å²) in [6.07, 6.45) is 0.424. The van der Waals surface area contributed by atoms with Crippen LogP contribution in [-0.4, -0.2) is 41.9 Å². The molecule has 0 spiro atoms. The Morgan fingerprint density at radius 1 is 1.09 bits per heavy atom. The molecule has 1 amide bonds. The predicted molar refractivity (Wildman–Crippen MR) is 79.7 cm³/mol. The molecule has 0 heterocycles. The summed E-state index contributed by atoms with van der Waals surface area (Å²) < 4.78 is 10.1. The van der Waals surface area contributed by atoms with E-state index in [1.165, 1.54) is 0 Å². The molecule has 0 unspecified atom stereocenters. The quantitative estimate of drug-likeness (QED) is 0.564. The second-order valence-electron chi connectivity index (χ2n) is 5.74. The first-order valence-corrected chi connectivity index (χ1v) is 6.91. The summed E-state index contributed by atoms with van der Waals surface area (Å²) in [6, 6.07) is 9.18. The molecular weight excluding hydrogens is 286 g/mol. The molecule has 0 aliphatic carbocycles. The molecule has 0 radical (unpaired) electrons. The maximum Gasteiger partial charge on any atom is 0.326 e. The van der Waals surface area contributed by atoms with Crippen LogP contribution in [0.5, 0.6) is 0 Å². The van der Waals surface area contributed by atoms with Crippen molar-refractivity contribution in [3.63, 3.8) is 0 Å². The van der Waals surface area contributed by atoms with Crippen molar-refractivity contribution < 1.29 is 23.9 Å². The zero-order chi connectivity index (χ0) is 16.6. The van der Waals surface area contributed by atoms with E-state index in [2.05, 4.69) is 0 Å². The zero-order valence-electron chi connectivity index (χ0n) is 13.1. The Labute approximate surface area is 130 Å². The Balaban J connectivity index is 2.40. The highest BCUT2D eigenvalue weighted by Crippen LogP contribution is 2.07. The predicted octanol–water partition coefficient (Wildman–Crippen LogP) is 1.53. The maximum absolute atomic E-state index is 11.7. The van der Waals surface area contributed by atoms with Crippen LogP contribution in [0.3, 0.4) is 0 Å². The summed E-state index contributed by atoms with van der Waals surface area (Å²) >= 11 is 0. The largest absolute Gasteiger partial charge is 0.459 e. The lowest BCUT2D eigenvalue weighted by Crippen LogP contribution is -2.37. The first kappa shape index (κ1) is 17.7. The van der Waals surface area contributed by atoms with Gasteiger partial charge in [-0.25, -0.2) is 0 Å². The Morgan fingerprint density at radius 2 is 1.68 bits per heavy atom. The molecule has 0 atom stereocenters. The van der Waals surface area contributed by atoms with Crippen LogP contribution < -0.4 is 0 Å². The molecule has 1 aromatic carbocycles. The Bertz CT molecular complexity index is 507. The molecule has 0 saturated heterocycles. The van der Waals surface area contributed by atoms with Crippen molar-refractivity contribution in [1.29, 1.82) is 0 Å². The van der Waals surface area contributed by atoms with Crippen LogP contribution in [0.15, 0.2) is 30.3 Å². The monoisotopic (exact) mass is 307 g/mol. The molecule has 1 rings (SSSR count). The van der Waals surface area contributed by atoms with Gasteiger partial charge in [-0.2, -0.15) is 0 Å². The minimum absolute atomic E-state index is 0.124. The van der Waals surface area contributed by atoms with Crippen molar-refractivity contribution >= 4 is 18.3 Å².